The minimum atomic E-state index is 0.0239. The molecule has 1 aliphatic carbocycles. The first-order valence-corrected chi connectivity index (χ1v) is 7.53. The summed E-state index contributed by atoms with van der Waals surface area (Å²) >= 11 is 0. The standard InChI is InChI=1S/C20H17NO/c21-15-8-3-1-2-7-14(13-15)16-10-6-11-18-17-9-4-5-12-19(17)22-20(16)18/h1-12,15H,13,21H2/b2-1-,8-3+,14-7+. The Morgan fingerprint density at radius 2 is 1.77 bits per heavy atom. The van der Waals surface area contributed by atoms with E-state index in [4.69, 9.17) is 10.2 Å². The summed E-state index contributed by atoms with van der Waals surface area (Å²) in [7, 11) is 0. The zero-order chi connectivity index (χ0) is 14.9. The zero-order valence-electron chi connectivity index (χ0n) is 12.2. The molecule has 1 unspecified atom stereocenters. The first-order valence-electron chi connectivity index (χ1n) is 7.53. The third kappa shape index (κ3) is 2.18. The Bertz CT molecular complexity index is 927. The quantitative estimate of drug-likeness (QED) is 0.697. The molecule has 2 nitrogen and oxygen atoms in total. The van der Waals surface area contributed by atoms with Crippen LogP contribution in [0.1, 0.15) is 12.0 Å². The zero-order valence-corrected chi connectivity index (χ0v) is 12.2. The summed E-state index contributed by atoms with van der Waals surface area (Å²) in [5.41, 5.74) is 10.4. The number of allylic oxidation sites excluding steroid dienone is 4. The molecule has 4 rings (SSSR count). The van der Waals surface area contributed by atoms with Crippen LogP contribution < -0.4 is 5.73 Å². The lowest BCUT2D eigenvalue weighted by Crippen LogP contribution is -2.17. The molecular weight excluding hydrogens is 270 g/mol. The van der Waals surface area contributed by atoms with Gasteiger partial charge >= 0.3 is 0 Å². The van der Waals surface area contributed by atoms with Crippen LogP contribution in [0.25, 0.3) is 27.5 Å². The number of fused-ring (bicyclic) bond motifs is 3. The summed E-state index contributed by atoms with van der Waals surface area (Å²) in [6.45, 7) is 0. The monoisotopic (exact) mass is 287 g/mol. The maximum absolute atomic E-state index is 6.16. The maximum atomic E-state index is 6.16. The van der Waals surface area contributed by atoms with E-state index in [1.807, 2.05) is 36.4 Å². The van der Waals surface area contributed by atoms with Crippen LogP contribution in [0.15, 0.2) is 77.3 Å². The molecule has 0 amide bonds. The number of hydrogen-bond donors (Lipinski definition) is 1. The summed E-state index contributed by atoms with van der Waals surface area (Å²) in [6.07, 6.45) is 11.0. The smallest absolute Gasteiger partial charge is 0.142 e. The molecule has 2 heteroatoms. The molecule has 0 bridgehead atoms. The number of benzene rings is 2. The van der Waals surface area contributed by atoms with Gasteiger partial charge in [-0.1, -0.05) is 66.8 Å². The molecule has 3 aromatic rings. The lowest BCUT2D eigenvalue weighted by molar-refractivity contribution is 0.667. The highest BCUT2D eigenvalue weighted by atomic mass is 16.3. The van der Waals surface area contributed by atoms with Crippen LogP contribution in [0, 0.1) is 0 Å². The number of para-hydroxylation sites is 2. The second-order valence-corrected chi connectivity index (χ2v) is 5.61. The van der Waals surface area contributed by atoms with Gasteiger partial charge in [-0.15, -0.1) is 0 Å². The van der Waals surface area contributed by atoms with Gasteiger partial charge < -0.3 is 10.2 Å². The number of nitrogens with two attached hydrogens (primary N) is 1. The van der Waals surface area contributed by atoms with Gasteiger partial charge in [-0.25, -0.2) is 0 Å². The van der Waals surface area contributed by atoms with E-state index < -0.39 is 0 Å². The third-order valence-corrected chi connectivity index (χ3v) is 4.08. The molecule has 22 heavy (non-hydrogen) atoms. The summed E-state index contributed by atoms with van der Waals surface area (Å²) in [5, 5.41) is 2.31. The van der Waals surface area contributed by atoms with Crippen molar-refractivity contribution in [3.8, 4) is 0 Å². The first-order chi connectivity index (χ1) is 10.8. The van der Waals surface area contributed by atoms with E-state index in [9.17, 15) is 0 Å². The van der Waals surface area contributed by atoms with Gasteiger partial charge in [-0.3, -0.25) is 0 Å². The molecular formula is C20H17NO. The van der Waals surface area contributed by atoms with E-state index in [0.29, 0.717) is 0 Å². The van der Waals surface area contributed by atoms with Crippen molar-refractivity contribution >= 4 is 27.5 Å². The molecule has 1 heterocycles. The first kappa shape index (κ1) is 13.1. The van der Waals surface area contributed by atoms with Crippen LogP contribution in [-0.4, -0.2) is 6.04 Å². The van der Waals surface area contributed by atoms with Gasteiger partial charge in [-0.05, 0) is 18.1 Å². The fourth-order valence-electron chi connectivity index (χ4n) is 3.03. The Morgan fingerprint density at radius 1 is 0.909 bits per heavy atom. The Hall–Kier alpha value is -2.58. The number of furan rings is 1. The minimum absolute atomic E-state index is 0.0239. The molecule has 0 radical (unpaired) electrons. The predicted molar refractivity (Wildman–Crippen MR) is 92.6 cm³/mol. The second kappa shape index (κ2) is 5.32. The SMILES string of the molecule is NC1/C=C/C=C\C=C(\c2cccc3c2oc2ccccc23)C1. The minimum Gasteiger partial charge on any atom is -0.455 e. The van der Waals surface area contributed by atoms with Crippen LogP contribution in [-0.2, 0) is 0 Å². The summed E-state index contributed by atoms with van der Waals surface area (Å²) in [5.74, 6) is 0. The summed E-state index contributed by atoms with van der Waals surface area (Å²) < 4.78 is 6.12. The molecule has 0 spiro atoms. The van der Waals surface area contributed by atoms with Gasteiger partial charge in [0.2, 0.25) is 0 Å². The molecule has 1 aromatic heterocycles. The van der Waals surface area contributed by atoms with Gasteiger partial charge in [0.15, 0.2) is 0 Å². The van der Waals surface area contributed by atoms with Crippen molar-refractivity contribution < 1.29 is 4.42 Å². The van der Waals surface area contributed by atoms with E-state index in [-0.39, 0.29) is 6.04 Å². The second-order valence-electron chi connectivity index (χ2n) is 5.61. The summed E-state index contributed by atoms with van der Waals surface area (Å²) in [4.78, 5) is 0. The molecule has 0 fully saturated rings. The van der Waals surface area contributed by atoms with Gasteiger partial charge in [0.05, 0.1) is 0 Å². The molecule has 0 aliphatic heterocycles. The normalized spacial score (nSPS) is 23.7. The molecule has 0 saturated carbocycles. The predicted octanol–water partition coefficient (Wildman–Crippen LogP) is 4.81. The van der Waals surface area contributed by atoms with Gasteiger partial charge in [0.1, 0.15) is 11.2 Å². The molecule has 2 aromatic carbocycles. The Labute approximate surface area is 129 Å². The van der Waals surface area contributed by atoms with Crippen molar-refractivity contribution in [1.82, 2.24) is 0 Å². The molecule has 1 atom stereocenters. The van der Waals surface area contributed by atoms with Gasteiger partial charge in [-0.2, -0.15) is 0 Å². The van der Waals surface area contributed by atoms with Crippen molar-refractivity contribution in [1.29, 1.82) is 0 Å². The Kier molecular flexibility index (Phi) is 3.17. The van der Waals surface area contributed by atoms with Gasteiger partial charge in [0.25, 0.3) is 0 Å². The lowest BCUT2D eigenvalue weighted by Gasteiger charge is -2.12. The average molecular weight is 287 g/mol. The molecule has 1 aliphatic rings. The molecule has 108 valence electrons. The molecule has 0 saturated heterocycles. The van der Waals surface area contributed by atoms with E-state index in [1.54, 1.807) is 0 Å². The van der Waals surface area contributed by atoms with E-state index in [2.05, 4.69) is 36.4 Å². The van der Waals surface area contributed by atoms with Crippen LogP contribution in [0.4, 0.5) is 0 Å². The Balaban J connectivity index is 1.95. The summed E-state index contributed by atoms with van der Waals surface area (Å²) in [6, 6.07) is 14.5. The van der Waals surface area contributed by atoms with E-state index >= 15 is 0 Å². The maximum Gasteiger partial charge on any atom is 0.142 e. The van der Waals surface area contributed by atoms with Crippen LogP contribution in [0.3, 0.4) is 0 Å². The highest BCUT2D eigenvalue weighted by Gasteiger charge is 2.14. The van der Waals surface area contributed by atoms with Crippen LogP contribution >= 0.6 is 0 Å². The number of hydrogen-bond acceptors (Lipinski definition) is 2. The fourth-order valence-corrected chi connectivity index (χ4v) is 3.03. The Morgan fingerprint density at radius 3 is 2.73 bits per heavy atom. The topological polar surface area (TPSA) is 39.2 Å². The lowest BCUT2D eigenvalue weighted by atomic mass is 9.95. The van der Waals surface area contributed by atoms with Crippen molar-refractivity contribution in [3.63, 3.8) is 0 Å². The van der Waals surface area contributed by atoms with E-state index in [1.165, 1.54) is 5.57 Å². The number of rotatable bonds is 1. The molecule has 2 N–H and O–H groups in total. The van der Waals surface area contributed by atoms with Crippen LogP contribution in [0.2, 0.25) is 0 Å². The largest absolute Gasteiger partial charge is 0.455 e. The van der Waals surface area contributed by atoms with Crippen LogP contribution in [0.5, 0.6) is 0 Å². The highest BCUT2D eigenvalue weighted by Crippen LogP contribution is 2.35. The van der Waals surface area contributed by atoms with E-state index in [0.717, 1.165) is 33.9 Å². The average Bonchev–Trinajstić information content (AvgIpc) is 2.89. The van der Waals surface area contributed by atoms with Crippen molar-refractivity contribution in [2.75, 3.05) is 0 Å². The van der Waals surface area contributed by atoms with Gasteiger partial charge in [0, 0.05) is 22.4 Å². The highest BCUT2D eigenvalue weighted by molar-refractivity contribution is 6.08. The van der Waals surface area contributed by atoms with Crippen molar-refractivity contribution in [3.05, 3.63) is 78.4 Å². The van der Waals surface area contributed by atoms with Crippen molar-refractivity contribution in [2.45, 2.75) is 12.5 Å². The van der Waals surface area contributed by atoms with Crippen molar-refractivity contribution in [2.24, 2.45) is 5.73 Å². The fraction of sp³-hybridized carbons (Fsp3) is 0.100. The third-order valence-electron chi connectivity index (χ3n) is 4.08.